The molecule has 29 heavy (non-hydrogen) atoms. The number of benzene rings is 2. The lowest BCUT2D eigenvalue weighted by atomic mass is 10.1. The molecule has 2 N–H and O–H groups in total. The van der Waals surface area contributed by atoms with Gasteiger partial charge >= 0.3 is 11.8 Å². The van der Waals surface area contributed by atoms with Crippen LogP contribution in [0.2, 0.25) is 0 Å². The van der Waals surface area contributed by atoms with Crippen molar-refractivity contribution in [2.24, 2.45) is 0 Å². The van der Waals surface area contributed by atoms with E-state index in [0.717, 1.165) is 30.1 Å². The van der Waals surface area contributed by atoms with Gasteiger partial charge in [0.05, 0.1) is 13.7 Å². The third kappa shape index (κ3) is 6.41. The molecule has 0 spiro atoms. The lowest BCUT2D eigenvalue weighted by Crippen LogP contribution is -2.37. The number of nitrogens with one attached hydrogen (secondary N) is 2. The number of aryl methyl sites for hydroxylation is 1. The predicted molar refractivity (Wildman–Crippen MR) is 115 cm³/mol. The van der Waals surface area contributed by atoms with Gasteiger partial charge < -0.3 is 25.0 Å². The van der Waals surface area contributed by atoms with Gasteiger partial charge in [-0.05, 0) is 68.8 Å². The second-order valence-electron chi connectivity index (χ2n) is 6.41. The van der Waals surface area contributed by atoms with Gasteiger partial charge in [-0.3, -0.25) is 9.59 Å². The third-order valence-corrected chi connectivity index (χ3v) is 4.51. The van der Waals surface area contributed by atoms with Gasteiger partial charge in [0.2, 0.25) is 0 Å². The monoisotopic (exact) mass is 399 g/mol. The molecule has 0 saturated heterocycles. The van der Waals surface area contributed by atoms with Crippen molar-refractivity contribution in [2.75, 3.05) is 43.6 Å². The van der Waals surface area contributed by atoms with Crippen molar-refractivity contribution >= 4 is 23.2 Å². The van der Waals surface area contributed by atoms with E-state index in [2.05, 4.69) is 29.4 Å². The highest BCUT2D eigenvalue weighted by molar-refractivity contribution is 6.39. The Balaban J connectivity index is 1.80. The number of hydrogen-bond donors (Lipinski definition) is 2. The van der Waals surface area contributed by atoms with Crippen LogP contribution in [0.5, 0.6) is 11.5 Å². The zero-order valence-electron chi connectivity index (χ0n) is 17.5. The van der Waals surface area contributed by atoms with Crippen molar-refractivity contribution in [3.05, 3.63) is 48.0 Å². The molecular weight excluding hydrogens is 370 g/mol. The maximum atomic E-state index is 12.1. The summed E-state index contributed by atoms with van der Waals surface area (Å²) in [4.78, 5) is 26.4. The molecule has 0 unspecified atom stereocenters. The molecule has 0 saturated carbocycles. The van der Waals surface area contributed by atoms with Crippen LogP contribution in [0.4, 0.5) is 11.4 Å². The number of anilines is 2. The quantitative estimate of drug-likeness (QED) is 0.501. The SMILES string of the molecule is CCN(CC)c1ccc(NC(=O)C(=O)NCCOc2ccc(OC)cc2)c(C)c1. The van der Waals surface area contributed by atoms with Gasteiger partial charge in [-0.15, -0.1) is 0 Å². The van der Waals surface area contributed by atoms with E-state index < -0.39 is 11.8 Å². The molecule has 2 rings (SSSR count). The van der Waals surface area contributed by atoms with Crippen LogP contribution in [0.15, 0.2) is 42.5 Å². The van der Waals surface area contributed by atoms with Crippen LogP contribution >= 0.6 is 0 Å². The second-order valence-corrected chi connectivity index (χ2v) is 6.41. The second kappa shape index (κ2) is 10.9. The van der Waals surface area contributed by atoms with Gasteiger partial charge in [-0.2, -0.15) is 0 Å². The molecule has 0 aromatic heterocycles. The van der Waals surface area contributed by atoms with E-state index in [0.29, 0.717) is 11.4 Å². The number of amides is 2. The number of ether oxygens (including phenoxy) is 2. The highest BCUT2D eigenvalue weighted by Gasteiger charge is 2.15. The molecule has 0 bridgehead atoms. The normalized spacial score (nSPS) is 10.2. The average molecular weight is 399 g/mol. The number of nitrogens with zero attached hydrogens (tertiary/aromatic N) is 1. The topological polar surface area (TPSA) is 79.9 Å². The maximum Gasteiger partial charge on any atom is 0.313 e. The summed E-state index contributed by atoms with van der Waals surface area (Å²) in [5.74, 6) is -0.000138. The van der Waals surface area contributed by atoms with E-state index in [1.165, 1.54) is 0 Å². The minimum atomic E-state index is -0.701. The summed E-state index contributed by atoms with van der Waals surface area (Å²) in [7, 11) is 1.59. The van der Waals surface area contributed by atoms with E-state index in [-0.39, 0.29) is 13.2 Å². The number of carbonyl (C=O) groups is 2. The van der Waals surface area contributed by atoms with E-state index in [1.54, 1.807) is 31.4 Å². The van der Waals surface area contributed by atoms with Gasteiger partial charge in [-0.25, -0.2) is 0 Å². The molecule has 0 radical (unpaired) electrons. The van der Waals surface area contributed by atoms with Gasteiger partial charge in [0.15, 0.2) is 0 Å². The molecule has 2 amide bonds. The summed E-state index contributed by atoms with van der Waals surface area (Å²) in [6, 6.07) is 12.9. The van der Waals surface area contributed by atoms with Crippen LogP contribution in [0.25, 0.3) is 0 Å². The summed E-state index contributed by atoms with van der Waals surface area (Å²) < 4.78 is 10.6. The first kappa shape index (κ1) is 22.1. The summed E-state index contributed by atoms with van der Waals surface area (Å²) in [6.45, 7) is 8.38. The zero-order chi connectivity index (χ0) is 21.2. The van der Waals surface area contributed by atoms with E-state index in [1.807, 2.05) is 25.1 Å². The maximum absolute atomic E-state index is 12.1. The molecule has 0 heterocycles. The van der Waals surface area contributed by atoms with Crippen LogP contribution in [0.1, 0.15) is 19.4 Å². The Morgan fingerprint density at radius 2 is 1.62 bits per heavy atom. The fourth-order valence-corrected chi connectivity index (χ4v) is 2.84. The molecule has 2 aromatic carbocycles. The number of methoxy groups -OCH3 is 1. The lowest BCUT2D eigenvalue weighted by molar-refractivity contribution is -0.136. The molecule has 2 aromatic rings. The Morgan fingerprint density at radius 1 is 0.966 bits per heavy atom. The lowest BCUT2D eigenvalue weighted by Gasteiger charge is -2.22. The van der Waals surface area contributed by atoms with Crippen molar-refractivity contribution < 1.29 is 19.1 Å². The van der Waals surface area contributed by atoms with Crippen LogP contribution in [-0.2, 0) is 9.59 Å². The Labute approximate surface area is 172 Å². The van der Waals surface area contributed by atoms with Crippen molar-refractivity contribution in [3.63, 3.8) is 0 Å². The summed E-state index contributed by atoms with van der Waals surface area (Å²) >= 11 is 0. The Hall–Kier alpha value is -3.22. The molecule has 0 fully saturated rings. The fourth-order valence-electron chi connectivity index (χ4n) is 2.84. The molecule has 0 aliphatic carbocycles. The Kier molecular flexibility index (Phi) is 8.33. The van der Waals surface area contributed by atoms with Crippen molar-refractivity contribution in [1.82, 2.24) is 5.32 Å². The van der Waals surface area contributed by atoms with Crippen molar-refractivity contribution in [3.8, 4) is 11.5 Å². The first-order valence-electron chi connectivity index (χ1n) is 9.70. The largest absolute Gasteiger partial charge is 0.497 e. The summed E-state index contributed by atoms with van der Waals surface area (Å²) in [6.07, 6.45) is 0. The standard InChI is InChI=1S/C22H29N3O4/c1-5-25(6-2)17-7-12-20(16(3)15-17)24-22(27)21(26)23-13-14-29-19-10-8-18(28-4)9-11-19/h7-12,15H,5-6,13-14H2,1-4H3,(H,23,26)(H,24,27). The number of carbonyl (C=O) groups excluding carboxylic acids is 2. The van der Waals surface area contributed by atoms with E-state index in [9.17, 15) is 9.59 Å². The van der Waals surface area contributed by atoms with Gasteiger partial charge in [-0.1, -0.05) is 0 Å². The van der Waals surface area contributed by atoms with Crippen molar-refractivity contribution in [2.45, 2.75) is 20.8 Å². The molecule has 156 valence electrons. The molecule has 0 atom stereocenters. The van der Waals surface area contributed by atoms with Crippen LogP contribution in [0.3, 0.4) is 0 Å². The van der Waals surface area contributed by atoms with Crippen LogP contribution in [-0.4, -0.2) is 45.2 Å². The number of hydrogen-bond acceptors (Lipinski definition) is 5. The van der Waals surface area contributed by atoms with Gasteiger partial charge in [0.1, 0.15) is 18.1 Å². The minimum Gasteiger partial charge on any atom is -0.497 e. The molecule has 7 nitrogen and oxygen atoms in total. The summed E-state index contributed by atoms with van der Waals surface area (Å²) in [5, 5.41) is 5.21. The van der Waals surface area contributed by atoms with Crippen LogP contribution in [0, 0.1) is 6.92 Å². The number of rotatable bonds is 9. The zero-order valence-corrected chi connectivity index (χ0v) is 17.5. The molecular formula is C22H29N3O4. The van der Waals surface area contributed by atoms with Crippen LogP contribution < -0.4 is 25.0 Å². The molecule has 0 aliphatic heterocycles. The smallest absolute Gasteiger partial charge is 0.313 e. The summed E-state index contributed by atoms with van der Waals surface area (Å²) in [5.41, 5.74) is 2.61. The van der Waals surface area contributed by atoms with E-state index in [4.69, 9.17) is 9.47 Å². The first-order valence-corrected chi connectivity index (χ1v) is 9.70. The predicted octanol–water partition coefficient (Wildman–Crippen LogP) is 2.98. The van der Waals surface area contributed by atoms with Gasteiger partial charge in [0, 0.05) is 24.5 Å². The minimum absolute atomic E-state index is 0.220. The Morgan fingerprint density at radius 3 is 2.21 bits per heavy atom. The van der Waals surface area contributed by atoms with Gasteiger partial charge in [0.25, 0.3) is 0 Å². The third-order valence-electron chi connectivity index (χ3n) is 4.51. The van der Waals surface area contributed by atoms with Crippen molar-refractivity contribution in [1.29, 1.82) is 0 Å². The fraction of sp³-hybridized carbons (Fsp3) is 0.364. The van der Waals surface area contributed by atoms with E-state index >= 15 is 0 Å². The highest BCUT2D eigenvalue weighted by Crippen LogP contribution is 2.22. The highest BCUT2D eigenvalue weighted by atomic mass is 16.5. The molecule has 0 aliphatic rings. The molecule has 7 heteroatoms. The first-order chi connectivity index (χ1) is 14.0. The average Bonchev–Trinajstić information content (AvgIpc) is 2.74. The Bertz CT molecular complexity index is 817.